The molecule has 0 amide bonds. The van der Waals surface area contributed by atoms with Crippen LogP contribution in [0.1, 0.15) is 5.56 Å². The first-order valence-corrected chi connectivity index (χ1v) is 7.28. The summed E-state index contributed by atoms with van der Waals surface area (Å²) in [6.45, 7) is 0. The molecule has 0 saturated heterocycles. The zero-order valence-corrected chi connectivity index (χ0v) is 13.5. The maximum atomic E-state index is 11.8. The third-order valence-electron chi connectivity index (χ3n) is 2.84. The van der Waals surface area contributed by atoms with Crippen LogP contribution in [0, 0.1) is 0 Å². The van der Waals surface area contributed by atoms with Gasteiger partial charge >= 0.3 is 5.97 Å². The highest BCUT2D eigenvalue weighted by atomic mass is 35.5. The molecular formula is C16H10Cl2N2O4. The van der Waals surface area contributed by atoms with E-state index in [0.29, 0.717) is 15.7 Å². The second kappa shape index (κ2) is 7.72. The number of azo groups is 1. The Hall–Kier alpha value is -2.70. The molecule has 0 bridgehead atoms. The van der Waals surface area contributed by atoms with Crippen LogP contribution in [0.5, 0.6) is 0 Å². The minimum Gasteiger partial charge on any atom is -0.505 e. The van der Waals surface area contributed by atoms with E-state index in [2.05, 4.69) is 10.2 Å². The largest absolute Gasteiger partial charge is 0.505 e. The van der Waals surface area contributed by atoms with E-state index in [1.807, 2.05) is 0 Å². The molecule has 122 valence electrons. The smallest absolute Gasteiger partial charge is 0.379 e. The highest BCUT2D eigenvalue weighted by Gasteiger charge is 2.23. The molecular weight excluding hydrogens is 355 g/mol. The van der Waals surface area contributed by atoms with Crippen molar-refractivity contribution in [1.29, 1.82) is 0 Å². The van der Waals surface area contributed by atoms with Crippen LogP contribution in [0.2, 0.25) is 10.0 Å². The summed E-state index contributed by atoms with van der Waals surface area (Å²) in [6.07, 6.45) is 0. The maximum Gasteiger partial charge on any atom is 0.379 e. The normalized spacial score (nSPS) is 12.1. The van der Waals surface area contributed by atoms with E-state index in [0.717, 1.165) is 0 Å². The highest BCUT2D eigenvalue weighted by Crippen LogP contribution is 2.23. The predicted octanol–water partition coefficient (Wildman–Crippen LogP) is 4.66. The summed E-state index contributed by atoms with van der Waals surface area (Å²) in [5.74, 6) is -3.77. The number of benzene rings is 2. The van der Waals surface area contributed by atoms with E-state index in [1.165, 1.54) is 36.4 Å². The molecule has 0 aromatic heterocycles. The van der Waals surface area contributed by atoms with Gasteiger partial charge in [0.2, 0.25) is 0 Å². The van der Waals surface area contributed by atoms with Gasteiger partial charge in [0.1, 0.15) is 0 Å². The molecule has 0 unspecified atom stereocenters. The lowest BCUT2D eigenvalue weighted by Crippen LogP contribution is -2.15. The molecule has 0 saturated carbocycles. The number of halogens is 2. The maximum absolute atomic E-state index is 11.8. The zero-order chi connectivity index (χ0) is 17.7. The Labute approximate surface area is 146 Å². The Kier molecular flexibility index (Phi) is 5.68. The molecule has 2 N–H and O–H groups in total. The molecule has 0 fully saturated rings. The summed E-state index contributed by atoms with van der Waals surface area (Å²) in [7, 11) is 0. The molecule has 0 aliphatic rings. The molecule has 6 nitrogen and oxygen atoms in total. The fraction of sp³-hybridized carbons (Fsp3) is 0. The van der Waals surface area contributed by atoms with Gasteiger partial charge in [0.25, 0.3) is 5.78 Å². The Balaban J connectivity index is 2.46. The van der Waals surface area contributed by atoms with Gasteiger partial charge in [-0.3, -0.25) is 4.79 Å². The molecule has 0 spiro atoms. The molecule has 0 aliphatic carbocycles. The van der Waals surface area contributed by atoms with Crippen molar-refractivity contribution in [2.24, 2.45) is 10.2 Å². The summed E-state index contributed by atoms with van der Waals surface area (Å²) >= 11 is 11.5. The number of hydrogen-bond acceptors (Lipinski definition) is 5. The van der Waals surface area contributed by atoms with Gasteiger partial charge in [-0.15, -0.1) is 5.11 Å². The average Bonchev–Trinajstić information content (AvgIpc) is 2.56. The number of aliphatic carboxylic acids is 1. The first-order valence-electron chi connectivity index (χ1n) is 6.52. The molecule has 2 aromatic rings. The van der Waals surface area contributed by atoms with Crippen LogP contribution >= 0.6 is 23.2 Å². The molecule has 8 heteroatoms. The van der Waals surface area contributed by atoms with Crippen molar-refractivity contribution in [3.05, 3.63) is 69.8 Å². The third-order valence-corrected chi connectivity index (χ3v) is 3.35. The number of carbonyl (C=O) groups excluding carboxylic acids is 1. The summed E-state index contributed by atoms with van der Waals surface area (Å²) in [5, 5.41) is 27.3. The van der Waals surface area contributed by atoms with Crippen LogP contribution < -0.4 is 0 Å². The molecule has 0 radical (unpaired) electrons. The zero-order valence-electron chi connectivity index (χ0n) is 12.0. The van der Waals surface area contributed by atoms with Crippen molar-refractivity contribution in [3.8, 4) is 0 Å². The molecule has 2 rings (SSSR count). The van der Waals surface area contributed by atoms with E-state index in [1.54, 1.807) is 12.1 Å². The lowest BCUT2D eigenvalue weighted by atomic mass is 10.1. The van der Waals surface area contributed by atoms with Crippen LogP contribution in [-0.4, -0.2) is 22.0 Å². The number of carbonyl (C=O) groups is 2. The first kappa shape index (κ1) is 17.7. The van der Waals surface area contributed by atoms with Crippen LogP contribution in [0.15, 0.2) is 64.5 Å². The summed E-state index contributed by atoms with van der Waals surface area (Å²) in [4.78, 5) is 22.7. The minimum atomic E-state index is -1.76. The number of rotatable bonds is 5. The standard InChI is InChI=1S/C16H10Cl2N2O4/c17-10-3-1-9(2-4-10)14(21)13(15(22)16(23)24)20-19-12-7-5-11(18)6-8-12/h1-8,21H,(H,23,24). The van der Waals surface area contributed by atoms with Crippen molar-refractivity contribution >= 4 is 46.4 Å². The fourth-order valence-corrected chi connectivity index (χ4v) is 1.91. The van der Waals surface area contributed by atoms with Gasteiger partial charge in [0, 0.05) is 15.6 Å². The molecule has 24 heavy (non-hydrogen) atoms. The van der Waals surface area contributed by atoms with Crippen molar-refractivity contribution < 1.29 is 19.8 Å². The Morgan fingerprint density at radius 1 is 0.833 bits per heavy atom. The molecule has 0 atom stereocenters. The van der Waals surface area contributed by atoms with Crippen LogP contribution in [-0.2, 0) is 9.59 Å². The van der Waals surface area contributed by atoms with Gasteiger partial charge in [-0.1, -0.05) is 23.2 Å². The minimum absolute atomic E-state index is 0.180. The Morgan fingerprint density at radius 3 is 1.83 bits per heavy atom. The SMILES string of the molecule is O=C(O)C(=O)C(N=Nc1ccc(Cl)cc1)=C(O)c1ccc(Cl)cc1. The number of aliphatic hydroxyl groups is 1. The van der Waals surface area contributed by atoms with E-state index < -0.39 is 23.2 Å². The number of carboxylic acids is 1. The molecule has 0 heterocycles. The molecule has 0 aliphatic heterocycles. The second-order valence-electron chi connectivity index (χ2n) is 4.51. The lowest BCUT2D eigenvalue weighted by molar-refractivity contribution is -0.147. The second-order valence-corrected chi connectivity index (χ2v) is 5.39. The molecule has 2 aromatic carbocycles. The monoisotopic (exact) mass is 364 g/mol. The Bertz CT molecular complexity index is 828. The van der Waals surface area contributed by atoms with Gasteiger partial charge in [-0.25, -0.2) is 4.79 Å². The third kappa shape index (κ3) is 4.41. The van der Waals surface area contributed by atoms with Crippen molar-refractivity contribution in [2.75, 3.05) is 0 Å². The Morgan fingerprint density at radius 2 is 1.33 bits per heavy atom. The van der Waals surface area contributed by atoms with Crippen molar-refractivity contribution in [1.82, 2.24) is 0 Å². The summed E-state index contributed by atoms with van der Waals surface area (Å²) < 4.78 is 0. The quantitative estimate of drug-likeness (QED) is 0.348. The number of ketones is 1. The fourth-order valence-electron chi connectivity index (χ4n) is 1.66. The van der Waals surface area contributed by atoms with Crippen LogP contribution in [0.25, 0.3) is 5.76 Å². The summed E-state index contributed by atoms with van der Waals surface area (Å²) in [6, 6.07) is 11.9. The number of Topliss-reactive ketones (excluding diaryl/α,β-unsaturated/α-hetero) is 1. The van der Waals surface area contributed by atoms with Crippen LogP contribution in [0.4, 0.5) is 5.69 Å². The van der Waals surface area contributed by atoms with E-state index >= 15 is 0 Å². The van der Waals surface area contributed by atoms with Gasteiger partial charge in [0.15, 0.2) is 11.5 Å². The lowest BCUT2D eigenvalue weighted by Gasteiger charge is -2.04. The number of nitrogens with zero attached hydrogens (tertiary/aromatic N) is 2. The average molecular weight is 365 g/mol. The number of hydrogen-bond donors (Lipinski definition) is 2. The van der Waals surface area contributed by atoms with Crippen molar-refractivity contribution in [3.63, 3.8) is 0 Å². The van der Waals surface area contributed by atoms with Gasteiger partial charge < -0.3 is 10.2 Å². The van der Waals surface area contributed by atoms with Crippen LogP contribution in [0.3, 0.4) is 0 Å². The van der Waals surface area contributed by atoms with Gasteiger partial charge in [0.05, 0.1) is 5.69 Å². The van der Waals surface area contributed by atoms with E-state index in [4.69, 9.17) is 28.3 Å². The first-order chi connectivity index (χ1) is 11.4. The van der Waals surface area contributed by atoms with E-state index in [9.17, 15) is 14.7 Å². The number of carboxylic acid groups (broad SMARTS) is 1. The van der Waals surface area contributed by atoms with Gasteiger partial charge in [-0.2, -0.15) is 5.11 Å². The summed E-state index contributed by atoms with van der Waals surface area (Å²) in [5.41, 5.74) is -0.183. The van der Waals surface area contributed by atoms with Crippen molar-refractivity contribution in [2.45, 2.75) is 0 Å². The topological polar surface area (TPSA) is 99.3 Å². The predicted molar refractivity (Wildman–Crippen MR) is 89.6 cm³/mol. The van der Waals surface area contributed by atoms with E-state index in [-0.39, 0.29) is 5.56 Å². The number of aliphatic hydroxyl groups excluding tert-OH is 1. The highest BCUT2D eigenvalue weighted by molar-refractivity contribution is 6.40. The van der Waals surface area contributed by atoms with Gasteiger partial charge in [-0.05, 0) is 48.5 Å².